The highest BCUT2D eigenvalue weighted by Gasteiger charge is 2.37. The van der Waals surface area contributed by atoms with E-state index in [1.54, 1.807) is 4.57 Å². The maximum absolute atomic E-state index is 13.8. The predicted octanol–water partition coefficient (Wildman–Crippen LogP) is 4.64. The van der Waals surface area contributed by atoms with Crippen molar-refractivity contribution in [1.29, 1.82) is 0 Å². The van der Waals surface area contributed by atoms with Crippen LogP contribution in [0.1, 0.15) is 46.5 Å². The lowest BCUT2D eigenvalue weighted by Crippen LogP contribution is -2.57. The van der Waals surface area contributed by atoms with Gasteiger partial charge in [-0.1, -0.05) is 24.3 Å². The molecule has 7 nitrogen and oxygen atoms in total. The van der Waals surface area contributed by atoms with E-state index in [0.29, 0.717) is 54.4 Å². The first-order valence-corrected chi connectivity index (χ1v) is 13.1. The lowest BCUT2D eigenvalue weighted by atomic mass is 9.93. The largest absolute Gasteiger partial charge is 0.492 e. The van der Waals surface area contributed by atoms with Crippen molar-refractivity contribution >= 4 is 28.4 Å². The monoisotopic (exact) mass is 510 g/mol. The maximum atomic E-state index is 13.8. The van der Waals surface area contributed by atoms with E-state index in [4.69, 9.17) is 21.3 Å². The molecule has 0 radical (unpaired) electrons. The normalized spacial score (nSPS) is 17.8. The Balaban J connectivity index is 1.75. The number of carbonyl (C=O) groups is 1. The summed E-state index contributed by atoms with van der Waals surface area (Å²) >= 11 is 6.08. The Hall–Kier alpha value is -2.90. The fraction of sp³-hybridized carbons (Fsp3) is 0.464. The number of amides is 1. The van der Waals surface area contributed by atoms with Crippen molar-refractivity contribution in [2.45, 2.75) is 46.7 Å². The van der Waals surface area contributed by atoms with E-state index in [1.165, 1.54) is 0 Å². The van der Waals surface area contributed by atoms with Gasteiger partial charge in [-0.25, -0.2) is 4.98 Å². The summed E-state index contributed by atoms with van der Waals surface area (Å²) in [6.45, 7) is 12.3. The van der Waals surface area contributed by atoms with Gasteiger partial charge in [0.2, 0.25) is 5.91 Å². The number of aromatic nitrogens is 2. The van der Waals surface area contributed by atoms with Gasteiger partial charge < -0.3 is 9.64 Å². The molecule has 4 rings (SSSR count). The van der Waals surface area contributed by atoms with Crippen molar-refractivity contribution < 1.29 is 9.53 Å². The smallest absolute Gasteiger partial charge is 0.266 e. The Labute approximate surface area is 217 Å². The summed E-state index contributed by atoms with van der Waals surface area (Å²) in [5.74, 6) is 1.64. The third-order valence-electron chi connectivity index (χ3n) is 6.96. The third-order valence-corrected chi connectivity index (χ3v) is 7.63. The molecule has 8 heteroatoms. The van der Waals surface area contributed by atoms with Crippen molar-refractivity contribution in [3.8, 4) is 11.4 Å². The molecule has 1 amide bonds. The summed E-state index contributed by atoms with van der Waals surface area (Å²) in [4.78, 5) is 36.1. The van der Waals surface area contributed by atoms with Gasteiger partial charge in [0.25, 0.3) is 5.56 Å². The van der Waals surface area contributed by atoms with Crippen LogP contribution < -0.4 is 10.3 Å². The topological polar surface area (TPSA) is 67.7 Å². The van der Waals surface area contributed by atoms with E-state index in [9.17, 15) is 9.59 Å². The number of hydrogen-bond donors (Lipinski definition) is 0. The molecule has 1 fully saturated rings. The Morgan fingerprint density at radius 1 is 1.17 bits per heavy atom. The standard InChI is InChI=1S/C28H35ClN4O3/c1-6-36-24-14-10-9-13-23(24)33-25(30-22-12-8-7-11-21(22)26(33)34)20(3)31-15-16-32(19(2)17-31)27(35)28(4,5)18-29/h7-14,19-20H,6,15-18H2,1-5H3. The number of benzene rings is 2. The van der Waals surface area contributed by atoms with E-state index in [0.717, 1.165) is 0 Å². The van der Waals surface area contributed by atoms with Crippen LogP contribution in [0.25, 0.3) is 16.6 Å². The van der Waals surface area contributed by atoms with Crippen molar-refractivity contribution in [2.75, 3.05) is 32.1 Å². The second kappa shape index (κ2) is 10.6. The van der Waals surface area contributed by atoms with E-state index in [2.05, 4.69) is 18.7 Å². The van der Waals surface area contributed by atoms with Crippen molar-refractivity contribution in [2.24, 2.45) is 5.41 Å². The summed E-state index contributed by atoms with van der Waals surface area (Å²) in [6.07, 6.45) is 0. The number of fused-ring (bicyclic) bond motifs is 1. The fourth-order valence-corrected chi connectivity index (χ4v) is 4.95. The van der Waals surface area contributed by atoms with Gasteiger partial charge in [0, 0.05) is 31.6 Å². The van der Waals surface area contributed by atoms with Crippen molar-refractivity contribution in [3.63, 3.8) is 0 Å². The Morgan fingerprint density at radius 3 is 2.56 bits per heavy atom. The van der Waals surface area contributed by atoms with Gasteiger partial charge >= 0.3 is 0 Å². The zero-order valence-electron chi connectivity index (χ0n) is 21.7. The molecular weight excluding hydrogens is 476 g/mol. The summed E-state index contributed by atoms with van der Waals surface area (Å²) in [7, 11) is 0. The van der Waals surface area contributed by atoms with Gasteiger partial charge in [-0.3, -0.25) is 19.1 Å². The zero-order valence-corrected chi connectivity index (χ0v) is 22.5. The molecule has 3 aromatic rings. The molecule has 1 aromatic heterocycles. The molecular formula is C28H35ClN4O3. The molecule has 0 spiro atoms. The van der Waals surface area contributed by atoms with Crippen molar-refractivity contribution in [3.05, 3.63) is 64.7 Å². The number of hydrogen-bond acceptors (Lipinski definition) is 5. The van der Waals surface area contributed by atoms with Gasteiger partial charge in [0.15, 0.2) is 0 Å². The molecule has 1 aliphatic heterocycles. The van der Waals surface area contributed by atoms with Gasteiger partial charge in [0.05, 0.1) is 34.7 Å². The molecule has 1 saturated heterocycles. The van der Waals surface area contributed by atoms with Crippen LogP contribution in [0.4, 0.5) is 0 Å². The Bertz CT molecular complexity index is 1310. The predicted molar refractivity (Wildman–Crippen MR) is 144 cm³/mol. The van der Waals surface area contributed by atoms with Crippen LogP contribution in [0.3, 0.4) is 0 Å². The van der Waals surface area contributed by atoms with Gasteiger partial charge in [0.1, 0.15) is 11.6 Å². The Morgan fingerprint density at radius 2 is 1.86 bits per heavy atom. The number of piperazine rings is 1. The summed E-state index contributed by atoms with van der Waals surface area (Å²) < 4.78 is 7.57. The highest BCUT2D eigenvalue weighted by Crippen LogP contribution is 2.30. The summed E-state index contributed by atoms with van der Waals surface area (Å²) in [5, 5.41) is 0.562. The molecule has 2 unspecified atom stereocenters. The number of halogens is 1. The van der Waals surface area contributed by atoms with E-state index in [1.807, 2.05) is 74.2 Å². The van der Waals surface area contributed by atoms with Crippen LogP contribution in [0.2, 0.25) is 0 Å². The second-order valence-electron chi connectivity index (χ2n) is 10.1. The molecule has 0 aliphatic carbocycles. The first kappa shape index (κ1) is 26.2. The van der Waals surface area contributed by atoms with Crippen molar-refractivity contribution in [1.82, 2.24) is 19.4 Å². The summed E-state index contributed by atoms with van der Waals surface area (Å²) in [5.41, 5.74) is 0.614. The van der Waals surface area contributed by atoms with Crippen LogP contribution in [0.5, 0.6) is 5.75 Å². The number of rotatable bonds is 7. The average Bonchev–Trinajstić information content (AvgIpc) is 2.88. The quantitative estimate of drug-likeness (QED) is 0.433. The lowest BCUT2D eigenvalue weighted by molar-refractivity contribution is -0.144. The SMILES string of the molecule is CCOc1ccccc1-n1c(C(C)N2CCN(C(=O)C(C)(C)CCl)C(C)C2)nc2ccccc2c1=O. The number of ether oxygens (including phenoxy) is 1. The highest BCUT2D eigenvalue weighted by molar-refractivity contribution is 6.19. The number of alkyl halides is 1. The number of nitrogens with zero attached hydrogens (tertiary/aromatic N) is 4. The van der Waals surface area contributed by atoms with Gasteiger partial charge in [-0.05, 0) is 58.9 Å². The van der Waals surface area contributed by atoms with Crippen LogP contribution in [0.15, 0.2) is 53.3 Å². The molecule has 2 aromatic carbocycles. The third kappa shape index (κ3) is 4.87. The van der Waals surface area contributed by atoms with Gasteiger partial charge in [-0.2, -0.15) is 0 Å². The molecule has 192 valence electrons. The minimum absolute atomic E-state index is 0.00697. The Kier molecular flexibility index (Phi) is 7.71. The average molecular weight is 511 g/mol. The number of para-hydroxylation sites is 3. The van der Waals surface area contributed by atoms with Crippen LogP contribution in [0, 0.1) is 5.41 Å². The van der Waals surface area contributed by atoms with Crippen LogP contribution in [-0.2, 0) is 4.79 Å². The highest BCUT2D eigenvalue weighted by atomic mass is 35.5. The van der Waals surface area contributed by atoms with Gasteiger partial charge in [-0.15, -0.1) is 11.6 Å². The molecule has 0 saturated carbocycles. The molecule has 1 aliphatic rings. The molecule has 2 heterocycles. The van der Waals surface area contributed by atoms with Crippen LogP contribution >= 0.6 is 11.6 Å². The lowest BCUT2D eigenvalue weighted by Gasteiger charge is -2.44. The second-order valence-corrected chi connectivity index (χ2v) is 10.3. The van der Waals surface area contributed by atoms with E-state index >= 15 is 0 Å². The first-order valence-electron chi connectivity index (χ1n) is 12.5. The zero-order chi connectivity index (χ0) is 26.0. The molecule has 0 bridgehead atoms. The molecule has 0 N–H and O–H groups in total. The fourth-order valence-electron chi connectivity index (χ4n) is 4.83. The van der Waals surface area contributed by atoms with Crippen LogP contribution in [-0.4, -0.2) is 63.4 Å². The maximum Gasteiger partial charge on any atom is 0.266 e. The van der Waals surface area contributed by atoms with E-state index in [-0.39, 0.29) is 29.4 Å². The first-order chi connectivity index (χ1) is 17.2. The number of carbonyl (C=O) groups excluding carboxylic acids is 1. The molecule has 36 heavy (non-hydrogen) atoms. The minimum atomic E-state index is -0.604. The molecule has 2 atom stereocenters. The summed E-state index contributed by atoms with van der Waals surface area (Å²) in [6, 6.07) is 14.8. The van der Waals surface area contributed by atoms with E-state index < -0.39 is 5.41 Å². The minimum Gasteiger partial charge on any atom is -0.492 e.